The van der Waals surface area contributed by atoms with E-state index in [-0.39, 0.29) is 12.1 Å². The summed E-state index contributed by atoms with van der Waals surface area (Å²) in [5.74, 6) is 3.21. The minimum absolute atomic E-state index is 0.0996. The van der Waals surface area contributed by atoms with Gasteiger partial charge < -0.3 is 15.2 Å². The lowest BCUT2D eigenvalue weighted by molar-refractivity contribution is 0.0175. The fourth-order valence-corrected chi connectivity index (χ4v) is 3.49. The Bertz CT molecular complexity index is 1120. The van der Waals surface area contributed by atoms with Crippen molar-refractivity contribution in [2.24, 2.45) is 0 Å². The molecule has 1 heterocycles. The molecule has 0 aliphatic rings. The van der Waals surface area contributed by atoms with Gasteiger partial charge in [-0.05, 0) is 55.2 Å². The molecule has 0 unspecified atom stereocenters. The molecule has 0 saturated carbocycles. The van der Waals surface area contributed by atoms with Gasteiger partial charge in [0.1, 0.15) is 0 Å². The molecule has 6 heteroatoms. The van der Waals surface area contributed by atoms with Gasteiger partial charge in [0.25, 0.3) is 5.92 Å². The number of rotatable bonds is 6. The molecule has 162 valence electrons. The zero-order valence-electron chi connectivity index (χ0n) is 18.1. The van der Waals surface area contributed by atoms with Gasteiger partial charge in [0.05, 0.1) is 12.2 Å². The Hall–Kier alpha value is -3.33. The summed E-state index contributed by atoms with van der Waals surface area (Å²) in [5, 5.41) is 6.45. The van der Waals surface area contributed by atoms with Crippen LogP contribution in [-0.4, -0.2) is 17.1 Å². The number of carbonyl (C=O) groups is 1. The van der Waals surface area contributed by atoms with E-state index in [0.29, 0.717) is 5.69 Å². The number of alkyl halides is 2. The van der Waals surface area contributed by atoms with Crippen LogP contribution in [0.3, 0.4) is 0 Å². The van der Waals surface area contributed by atoms with Crippen LogP contribution in [0.15, 0.2) is 48.5 Å². The molecule has 1 aromatic heterocycles. The number of carbonyl (C=O) groups excluding carboxylic acids is 1. The third-order valence-electron chi connectivity index (χ3n) is 5.02. The summed E-state index contributed by atoms with van der Waals surface area (Å²) >= 11 is 0. The van der Waals surface area contributed by atoms with Crippen molar-refractivity contribution in [2.45, 2.75) is 46.1 Å². The van der Waals surface area contributed by atoms with Gasteiger partial charge in [0.15, 0.2) is 0 Å². The van der Waals surface area contributed by atoms with Gasteiger partial charge in [0, 0.05) is 35.6 Å². The quantitative estimate of drug-likeness (QED) is 0.477. The van der Waals surface area contributed by atoms with E-state index in [2.05, 4.69) is 65.2 Å². The van der Waals surface area contributed by atoms with Crippen molar-refractivity contribution in [3.05, 3.63) is 65.4 Å². The average molecular weight is 424 g/mol. The summed E-state index contributed by atoms with van der Waals surface area (Å²) in [6, 6.07) is 13.6. The number of nitrogens with one attached hydrogen (secondary N) is 2. The zero-order chi connectivity index (χ0) is 22.4. The van der Waals surface area contributed by atoms with Crippen LogP contribution in [0.25, 0.3) is 10.9 Å². The zero-order valence-corrected chi connectivity index (χ0v) is 18.1. The summed E-state index contributed by atoms with van der Waals surface area (Å²) in [4.78, 5) is 12.0. The van der Waals surface area contributed by atoms with Gasteiger partial charge in [-0.2, -0.15) is 0 Å². The highest BCUT2D eigenvalue weighted by Crippen LogP contribution is 2.27. The van der Waals surface area contributed by atoms with Crippen LogP contribution < -0.4 is 10.6 Å². The maximum atomic E-state index is 13.3. The van der Waals surface area contributed by atoms with Crippen LogP contribution in [0.1, 0.15) is 44.0 Å². The molecular weight excluding hydrogens is 396 g/mol. The molecule has 31 heavy (non-hydrogen) atoms. The minimum Gasteiger partial charge on any atom is -0.334 e. The Labute approximate surface area is 181 Å². The van der Waals surface area contributed by atoms with E-state index in [9.17, 15) is 13.6 Å². The maximum Gasteiger partial charge on any atom is 0.319 e. The van der Waals surface area contributed by atoms with Gasteiger partial charge in [0.2, 0.25) is 0 Å². The molecule has 0 atom stereocenters. The molecule has 2 amide bonds. The lowest BCUT2D eigenvalue weighted by Gasteiger charge is -2.11. The summed E-state index contributed by atoms with van der Waals surface area (Å²) in [6.07, 6.45) is 2.16. The molecule has 0 bridgehead atoms. The summed E-state index contributed by atoms with van der Waals surface area (Å²) in [7, 11) is 0. The highest BCUT2D eigenvalue weighted by molar-refractivity contribution is 5.89. The molecule has 3 aromatic rings. The Morgan fingerprint density at radius 3 is 2.48 bits per heavy atom. The molecule has 0 aliphatic heterocycles. The number of benzene rings is 2. The van der Waals surface area contributed by atoms with E-state index in [0.717, 1.165) is 37.5 Å². The largest absolute Gasteiger partial charge is 0.334 e. The van der Waals surface area contributed by atoms with Gasteiger partial charge in [-0.1, -0.05) is 37.5 Å². The van der Waals surface area contributed by atoms with Crippen molar-refractivity contribution in [2.75, 3.05) is 11.9 Å². The van der Waals surface area contributed by atoms with E-state index >= 15 is 0 Å². The van der Waals surface area contributed by atoms with Crippen LogP contribution in [0.4, 0.5) is 19.3 Å². The molecule has 4 nitrogen and oxygen atoms in total. The molecule has 0 fully saturated rings. The molecular formula is C25H27F2N3O. The van der Waals surface area contributed by atoms with Crippen molar-refractivity contribution in [3.8, 4) is 11.8 Å². The monoisotopic (exact) mass is 423 g/mol. The minimum atomic E-state index is -2.91. The summed E-state index contributed by atoms with van der Waals surface area (Å²) in [5.41, 5.74) is 3.71. The second-order valence-electron chi connectivity index (χ2n) is 7.49. The Morgan fingerprint density at radius 1 is 1.10 bits per heavy atom. The smallest absolute Gasteiger partial charge is 0.319 e. The van der Waals surface area contributed by atoms with Crippen molar-refractivity contribution in [1.82, 2.24) is 9.88 Å². The number of hydrogen-bond donors (Lipinski definition) is 2. The van der Waals surface area contributed by atoms with Crippen molar-refractivity contribution in [1.29, 1.82) is 0 Å². The van der Waals surface area contributed by atoms with E-state index in [1.807, 2.05) is 0 Å². The first-order valence-corrected chi connectivity index (χ1v) is 10.5. The Kier molecular flexibility index (Phi) is 6.96. The molecule has 0 aliphatic carbocycles. The van der Waals surface area contributed by atoms with Gasteiger partial charge in [-0.3, -0.25) is 0 Å². The van der Waals surface area contributed by atoms with E-state index in [1.54, 1.807) is 0 Å². The van der Waals surface area contributed by atoms with Crippen molar-refractivity contribution in [3.63, 3.8) is 0 Å². The fourth-order valence-electron chi connectivity index (χ4n) is 3.49. The van der Waals surface area contributed by atoms with Gasteiger partial charge in [-0.15, -0.1) is 0 Å². The molecule has 0 saturated heterocycles. The second-order valence-corrected chi connectivity index (χ2v) is 7.49. The standard InChI is InChI=1S/C25H27F2N3O/c1-4-7-18-9-14-23-19(16-18)17-22(30(23)5-2)8-6-15-28-24(31)29-21-12-10-20(11-13-21)25(3,26)27/h9-14,16-17H,4-5,7,15H2,1-3H3,(H2,28,29,31). The Morgan fingerprint density at radius 2 is 1.84 bits per heavy atom. The highest BCUT2D eigenvalue weighted by Gasteiger charge is 2.23. The number of aromatic nitrogens is 1. The second kappa shape index (κ2) is 9.65. The molecule has 2 aromatic carbocycles. The number of nitrogens with zero attached hydrogens (tertiary/aromatic N) is 1. The lowest BCUT2D eigenvalue weighted by Crippen LogP contribution is -2.28. The van der Waals surface area contributed by atoms with Crippen LogP contribution in [0.2, 0.25) is 0 Å². The number of urea groups is 1. The summed E-state index contributed by atoms with van der Waals surface area (Å²) in [6.45, 7) is 6.06. The number of hydrogen-bond acceptors (Lipinski definition) is 1. The normalized spacial score (nSPS) is 11.1. The third kappa shape index (κ3) is 5.64. The molecule has 3 rings (SSSR count). The molecule has 2 N–H and O–H groups in total. The fraction of sp³-hybridized carbons (Fsp3) is 0.320. The lowest BCUT2D eigenvalue weighted by atomic mass is 10.1. The van der Waals surface area contributed by atoms with E-state index in [1.165, 1.54) is 35.2 Å². The number of amides is 2. The predicted molar refractivity (Wildman–Crippen MR) is 122 cm³/mol. The first-order valence-electron chi connectivity index (χ1n) is 10.5. The topological polar surface area (TPSA) is 46.1 Å². The number of aryl methyl sites for hydroxylation is 2. The van der Waals surface area contributed by atoms with Crippen molar-refractivity contribution >= 4 is 22.6 Å². The maximum absolute atomic E-state index is 13.3. The van der Waals surface area contributed by atoms with Crippen LogP contribution in [0.5, 0.6) is 0 Å². The molecule has 0 radical (unpaired) electrons. The van der Waals surface area contributed by atoms with Gasteiger partial charge in [-0.25, -0.2) is 13.6 Å². The number of halogens is 2. The van der Waals surface area contributed by atoms with Gasteiger partial charge >= 0.3 is 6.03 Å². The van der Waals surface area contributed by atoms with E-state index in [4.69, 9.17) is 0 Å². The highest BCUT2D eigenvalue weighted by atomic mass is 19.3. The average Bonchev–Trinajstić information content (AvgIpc) is 3.07. The molecule has 0 spiro atoms. The predicted octanol–water partition coefficient (Wildman–Crippen LogP) is 5.90. The third-order valence-corrected chi connectivity index (χ3v) is 5.02. The Balaban J connectivity index is 1.61. The number of anilines is 1. The number of fused-ring (bicyclic) bond motifs is 1. The SMILES string of the molecule is CCCc1ccc2c(c1)cc(C#CCNC(=O)Nc1ccc(C(C)(F)F)cc1)n2CC. The first kappa shape index (κ1) is 22.4. The van der Waals surface area contributed by atoms with Crippen LogP contribution in [0, 0.1) is 11.8 Å². The van der Waals surface area contributed by atoms with Crippen molar-refractivity contribution < 1.29 is 13.6 Å². The first-order chi connectivity index (χ1) is 14.8. The van der Waals surface area contributed by atoms with E-state index < -0.39 is 12.0 Å². The van der Waals surface area contributed by atoms with Crippen LogP contribution in [-0.2, 0) is 18.9 Å². The van der Waals surface area contributed by atoms with Crippen LogP contribution >= 0.6 is 0 Å². The summed E-state index contributed by atoms with van der Waals surface area (Å²) < 4.78 is 28.7.